The summed E-state index contributed by atoms with van der Waals surface area (Å²) in [5.74, 6) is -0.117. The Balaban J connectivity index is 1.43. The zero-order valence-electron chi connectivity index (χ0n) is 20.6. The van der Waals surface area contributed by atoms with Gasteiger partial charge >= 0.3 is 5.97 Å². The molecule has 0 unspecified atom stereocenters. The molecule has 8 heteroatoms. The molecule has 0 aliphatic rings. The van der Waals surface area contributed by atoms with Crippen LogP contribution >= 0.6 is 0 Å². The summed E-state index contributed by atoms with van der Waals surface area (Å²) in [6, 6.07) is 15.3. The molecule has 36 heavy (non-hydrogen) atoms. The van der Waals surface area contributed by atoms with E-state index in [1.807, 2.05) is 36.6 Å². The third-order valence-corrected chi connectivity index (χ3v) is 6.12. The van der Waals surface area contributed by atoms with E-state index in [0.29, 0.717) is 29.0 Å². The summed E-state index contributed by atoms with van der Waals surface area (Å²) in [5, 5.41) is 0.366. The van der Waals surface area contributed by atoms with Crippen LogP contribution < -0.4 is 14.9 Å². The lowest BCUT2D eigenvalue weighted by Crippen LogP contribution is -2.16. The first-order chi connectivity index (χ1) is 17.3. The molecule has 0 radical (unpaired) electrons. The van der Waals surface area contributed by atoms with Crippen LogP contribution in [0.5, 0.6) is 11.5 Å². The lowest BCUT2D eigenvalue weighted by molar-refractivity contribution is 0.0444. The summed E-state index contributed by atoms with van der Waals surface area (Å²) >= 11 is 0. The van der Waals surface area contributed by atoms with Crippen LogP contribution in [0.15, 0.2) is 63.8 Å². The first-order valence-corrected chi connectivity index (χ1v) is 11.4. The van der Waals surface area contributed by atoms with E-state index in [2.05, 4.69) is 0 Å². The van der Waals surface area contributed by atoms with Gasteiger partial charge in [-0.05, 0) is 56.2 Å². The van der Waals surface area contributed by atoms with Crippen LogP contribution in [0, 0.1) is 13.8 Å². The number of carbonyl (C=O) groups is 2. The molecule has 0 aliphatic heterocycles. The van der Waals surface area contributed by atoms with Gasteiger partial charge in [-0.2, -0.15) is 0 Å². The molecular weight excluding hydrogens is 462 g/mol. The molecule has 0 bridgehead atoms. The number of rotatable bonds is 9. The monoisotopic (exact) mass is 489 g/mol. The molecule has 2 heterocycles. The van der Waals surface area contributed by atoms with Crippen molar-refractivity contribution in [1.82, 2.24) is 4.57 Å². The zero-order valence-corrected chi connectivity index (χ0v) is 20.6. The number of hydrogen-bond donors (Lipinski definition) is 0. The highest BCUT2D eigenvalue weighted by Gasteiger charge is 2.20. The molecule has 0 fully saturated rings. The molecule has 0 amide bonds. The van der Waals surface area contributed by atoms with Gasteiger partial charge in [0.2, 0.25) is 11.5 Å². The van der Waals surface area contributed by atoms with Gasteiger partial charge in [-0.15, -0.1) is 0 Å². The molecule has 0 saturated heterocycles. The minimum Gasteiger partial charge on any atom is -0.493 e. The number of hydrogen-bond acceptors (Lipinski definition) is 7. The molecule has 8 nitrogen and oxygen atoms in total. The number of esters is 1. The normalized spacial score (nSPS) is 10.9. The number of Topliss-reactive ketones (excluding diaryl/α,β-unsaturated/α-hetero) is 1. The van der Waals surface area contributed by atoms with Crippen LogP contribution in [-0.4, -0.2) is 37.1 Å². The van der Waals surface area contributed by atoms with Gasteiger partial charge in [0.15, 0.2) is 23.5 Å². The van der Waals surface area contributed by atoms with Crippen LogP contribution in [0.2, 0.25) is 0 Å². The summed E-state index contributed by atoms with van der Waals surface area (Å²) in [4.78, 5) is 37.6. The number of ether oxygens (including phenoxy) is 3. The van der Waals surface area contributed by atoms with Crippen molar-refractivity contribution < 1.29 is 28.2 Å². The Kier molecular flexibility index (Phi) is 7.24. The molecule has 0 atom stereocenters. The van der Waals surface area contributed by atoms with Gasteiger partial charge < -0.3 is 23.2 Å². The summed E-state index contributed by atoms with van der Waals surface area (Å²) in [7, 11) is 3.19. The van der Waals surface area contributed by atoms with E-state index >= 15 is 0 Å². The van der Waals surface area contributed by atoms with Crippen molar-refractivity contribution in [3.05, 3.63) is 93.1 Å². The Morgan fingerprint density at radius 1 is 0.944 bits per heavy atom. The third kappa shape index (κ3) is 5.02. The Morgan fingerprint density at radius 2 is 1.69 bits per heavy atom. The van der Waals surface area contributed by atoms with Crippen LogP contribution in [0.1, 0.15) is 37.9 Å². The van der Waals surface area contributed by atoms with E-state index < -0.39 is 12.6 Å². The number of methoxy groups -OCH3 is 2. The number of benzene rings is 2. The van der Waals surface area contributed by atoms with E-state index in [1.165, 1.54) is 0 Å². The molecule has 2 aromatic heterocycles. The fourth-order valence-electron chi connectivity index (χ4n) is 4.19. The molecule has 2 aromatic carbocycles. The highest BCUT2D eigenvalue weighted by Crippen LogP contribution is 2.28. The van der Waals surface area contributed by atoms with Crippen molar-refractivity contribution in [2.24, 2.45) is 0 Å². The van der Waals surface area contributed by atoms with Crippen molar-refractivity contribution >= 4 is 22.7 Å². The third-order valence-electron chi connectivity index (χ3n) is 6.12. The first kappa shape index (κ1) is 24.8. The summed E-state index contributed by atoms with van der Waals surface area (Å²) < 4.78 is 23.4. The number of para-hydroxylation sites is 1. The highest BCUT2D eigenvalue weighted by atomic mass is 16.5. The van der Waals surface area contributed by atoms with Gasteiger partial charge in [0.25, 0.3) is 0 Å². The Morgan fingerprint density at radius 3 is 2.44 bits per heavy atom. The predicted molar refractivity (Wildman–Crippen MR) is 134 cm³/mol. The number of carbonyl (C=O) groups excluding carboxylic acids is 2. The minimum atomic E-state index is -0.867. The average molecular weight is 490 g/mol. The zero-order chi connectivity index (χ0) is 25.8. The Hall–Kier alpha value is -4.33. The molecule has 0 aliphatic carbocycles. The molecule has 0 saturated carbocycles. The second kappa shape index (κ2) is 10.5. The average Bonchev–Trinajstić information content (AvgIpc) is 3.18. The van der Waals surface area contributed by atoms with E-state index in [1.54, 1.807) is 44.6 Å². The Labute approximate surface area is 208 Å². The van der Waals surface area contributed by atoms with Gasteiger partial charge in [-0.25, -0.2) is 4.79 Å². The molecule has 0 N–H and O–H groups in total. The molecule has 4 rings (SSSR count). The second-order valence-electron chi connectivity index (χ2n) is 8.35. The van der Waals surface area contributed by atoms with Crippen molar-refractivity contribution in [1.29, 1.82) is 0 Å². The fourth-order valence-corrected chi connectivity index (χ4v) is 4.19. The summed E-state index contributed by atoms with van der Waals surface area (Å²) in [5.41, 5.74) is 3.18. The van der Waals surface area contributed by atoms with Crippen LogP contribution in [-0.2, 0) is 17.7 Å². The van der Waals surface area contributed by atoms with Crippen molar-refractivity contribution in [2.75, 3.05) is 20.8 Å². The molecule has 0 spiro atoms. The van der Waals surface area contributed by atoms with Crippen LogP contribution in [0.3, 0.4) is 0 Å². The predicted octanol–water partition coefficient (Wildman–Crippen LogP) is 4.51. The SMILES string of the molecule is COc1ccc(CCn2c(C)cc(C(=O)COC(=O)c3cc(=O)c4ccccc4o3)c2C)cc1OC. The number of aromatic nitrogens is 1. The standard InChI is InChI=1S/C28H27NO7/c1-17-13-21(18(2)29(17)12-11-19-9-10-25(33-3)26(14-19)34-4)23(31)16-35-28(32)27-15-22(30)20-7-5-6-8-24(20)36-27/h5-10,13-15H,11-12,16H2,1-4H3. The van der Waals surface area contributed by atoms with Crippen LogP contribution in [0.25, 0.3) is 11.0 Å². The van der Waals surface area contributed by atoms with Gasteiger partial charge in [-0.1, -0.05) is 18.2 Å². The lowest BCUT2D eigenvalue weighted by atomic mass is 10.1. The van der Waals surface area contributed by atoms with E-state index in [-0.39, 0.29) is 22.6 Å². The molecule has 4 aromatic rings. The van der Waals surface area contributed by atoms with Gasteiger partial charge in [0, 0.05) is 29.6 Å². The lowest BCUT2D eigenvalue weighted by Gasteiger charge is -2.12. The quantitative estimate of drug-likeness (QED) is 0.252. The van der Waals surface area contributed by atoms with Crippen molar-refractivity contribution in [3.8, 4) is 11.5 Å². The fraction of sp³-hybridized carbons (Fsp3) is 0.250. The summed E-state index contributed by atoms with van der Waals surface area (Å²) in [6.07, 6.45) is 0.723. The number of ketones is 1. The van der Waals surface area contributed by atoms with Crippen molar-refractivity contribution in [3.63, 3.8) is 0 Å². The van der Waals surface area contributed by atoms with Crippen molar-refractivity contribution in [2.45, 2.75) is 26.8 Å². The molecule has 186 valence electrons. The maximum Gasteiger partial charge on any atom is 0.374 e. The molecular formula is C28H27NO7. The number of aryl methyl sites for hydroxylation is 2. The van der Waals surface area contributed by atoms with E-state index in [4.69, 9.17) is 18.6 Å². The summed E-state index contributed by atoms with van der Waals surface area (Å²) in [6.45, 7) is 3.98. The van der Waals surface area contributed by atoms with Gasteiger partial charge in [0.05, 0.1) is 19.6 Å². The number of nitrogens with zero attached hydrogens (tertiary/aromatic N) is 1. The maximum atomic E-state index is 12.9. The smallest absolute Gasteiger partial charge is 0.374 e. The second-order valence-corrected chi connectivity index (χ2v) is 8.35. The van der Waals surface area contributed by atoms with Gasteiger partial charge in [-0.3, -0.25) is 9.59 Å². The largest absolute Gasteiger partial charge is 0.493 e. The Bertz CT molecular complexity index is 1500. The van der Waals surface area contributed by atoms with Crippen LogP contribution in [0.4, 0.5) is 0 Å². The minimum absolute atomic E-state index is 0.244. The maximum absolute atomic E-state index is 12.9. The van der Waals surface area contributed by atoms with Gasteiger partial charge in [0.1, 0.15) is 5.58 Å². The number of fused-ring (bicyclic) bond motifs is 1. The first-order valence-electron chi connectivity index (χ1n) is 11.4. The highest BCUT2D eigenvalue weighted by molar-refractivity contribution is 6.00. The van der Waals surface area contributed by atoms with E-state index in [9.17, 15) is 14.4 Å². The van der Waals surface area contributed by atoms with E-state index in [0.717, 1.165) is 29.4 Å². The topological polar surface area (TPSA) is 97.0 Å².